The summed E-state index contributed by atoms with van der Waals surface area (Å²) in [5, 5.41) is 33.1. The van der Waals surface area contributed by atoms with Gasteiger partial charge in [0, 0.05) is 42.3 Å². The highest BCUT2D eigenvalue weighted by Crippen LogP contribution is 2.43. The highest BCUT2D eigenvalue weighted by Gasteiger charge is 2.36. The molecule has 276 valence electrons. The van der Waals surface area contributed by atoms with Gasteiger partial charge in [0.05, 0.1) is 12.2 Å². The van der Waals surface area contributed by atoms with Gasteiger partial charge in [0.15, 0.2) is 0 Å². The lowest BCUT2D eigenvalue weighted by Crippen LogP contribution is -2.37. The second kappa shape index (κ2) is 16.1. The Morgan fingerprint density at radius 2 is 1.02 bits per heavy atom. The molecular formula is C38H36Cl4N6O5. The van der Waals surface area contributed by atoms with E-state index < -0.39 is 11.6 Å². The van der Waals surface area contributed by atoms with E-state index in [-0.39, 0.29) is 35.3 Å². The van der Waals surface area contributed by atoms with Gasteiger partial charge in [0.1, 0.15) is 49.9 Å². The van der Waals surface area contributed by atoms with Gasteiger partial charge in [-0.25, -0.2) is 19.3 Å². The van der Waals surface area contributed by atoms with E-state index in [0.29, 0.717) is 54.9 Å². The molecule has 0 saturated heterocycles. The summed E-state index contributed by atoms with van der Waals surface area (Å²) in [5.74, 6) is -2.66. The zero-order chi connectivity index (χ0) is 37.9. The normalized spacial score (nSPS) is 14.0. The molecule has 6 rings (SSSR count). The van der Waals surface area contributed by atoms with Gasteiger partial charge >= 0.3 is 0 Å². The van der Waals surface area contributed by atoms with Crippen molar-refractivity contribution in [3.05, 3.63) is 129 Å². The number of hydrogen-bond acceptors (Lipinski definition) is 9. The van der Waals surface area contributed by atoms with Crippen molar-refractivity contribution >= 4 is 46.4 Å². The van der Waals surface area contributed by atoms with Crippen molar-refractivity contribution in [3.8, 4) is 33.8 Å². The Bertz CT molecular complexity index is 2030. The van der Waals surface area contributed by atoms with Gasteiger partial charge in [-0.2, -0.15) is 10.2 Å². The highest BCUT2D eigenvalue weighted by molar-refractivity contribution is 6.32. The van der Waals surface area contributed by atoms with E-state index in [1.54, 1.807) is 72.8 Å². The predicted molar refractivity (Wildman–Crippen MR) is 204 cm³/mol. The molecule has 0 amide bonds. The molecule has 0 fully saturated rings. The Hall–Kier alpha value is -4.04. The van der Waals surface area contributed by atoms with Crippen LogP contribution in [0.25, 0.3) is 22.3 Å². The monoisotopic (exact) mass is 796 g/mol. The number of nitrogens with zero attached hydrogens (tertiary/aromatic N) is 6. The highest BCUT2D eigenvalue weighted by atomic mass is 35.5. The van der Waals surface area contributed by atoms with E-state index in [4.69, 9.17) is 60.6 Å². The average Bonchev–Trinajstić information content (AvgIpc) is 3.80. The van der Waals surface area contributed by atoms with E-state index in [2.05, 4.69) is 20.2 Å². The fraction of sp³-hybridized carbons (Fsp3) is 0.263. The second-order valence-electron chi connectivity index (χ2n) is 12.9. The number of aromatic nitrogens is 6. The van der Waals surface area contributed by atoms with Crippen LogP contribution < -0.4 is 4.74 Å². The molecule has 15 heteroatoms. The van der Waals surface area contributed by atoms with Crippen molar-refractivity contribution in [3.63, 3.8) is 0 Å². The molecule has 0 spiro atoms. The first-order valence-corrected chi connectivity index (χ1v) is 18.1. The molecule has 0 aliphatic heterocycles. The van der Waals surface area contributed by atoms with Crippen LogP contribution in [-0.2, 0) is 34.1 Å². The molecule has 0 saturated carbocycles. The lowest BCUT2D eigenvalue weighted by molar-refractivity contribution is -0.242. The third-order valence-electron chi connectivity index (χ3n) is 8.05. The first-order chi connectivity index (χ1) is 25.2. The van der Waals surface area contributed by atoms with E-state index in [9.17, 15) is 10.2 Å². The Labute approximate surface area is 326 Å². The van der Waals surface area contributed by atoms with Crippen molar-refractivity contribution < 1.29 is 24.4 Å². The van der Waals surface area contributed by atoms with Crippen LogP contribution >= 0.6 is 46.4 Å². The van der Waals surface area contributed by atoms with Crippen molar-refractivity contribution in [1.82, 2.24) is 29.5 Å². The minimum absolute atomic E-state index is 0.0357. The lowest BCUT2D eigenvalue weighted by atomic mass is 9.98. The molecule has 0 aliphatic carbocycles. The Morgan fingerprint density at radius 3 is 1.36 bits per heavy atom. The van der Waals surface area contributed by atoms with Crippen molar-refractivity contribution in [1.29, 1.82) is 0 Å². The molecule has 2 aromatic heterocycles. The molecule has 2 N–H and O–H groups in total. The number of ether oxygens (including phenoxy) is 3. The SMILES string of the molecule is CC(C)OC(O)(Cn1cncn1)c1ccc(-c2cc(Cl)ccc2Oc2ccc(Cl)cc2-c2ccc(C(O)(Cn3cncn3)OC(C)C)c(Cl)c2)cc1Cl. The Kier molecular flexibility index (Phi) is 11.8. The maximum atomic E-state index is 11.7. The maximum Gasteiger partial charge on any atom is 0.214 e. The zero-order valence-electron chi connectivity index (χ0n) is 29.1. The standard InChI is InChI=1S/C38H36Cl4N6O5/c1-23(2)52-37(49,17-47-21-43-19-45-47)31-9-5-25(13-33(31)41)29-15-27(39)7-11-35(29)51-36-12-8-28(40)16-30(36)26-6-10-32(34(42)14-26)38(50,53-24(3)4)18-48-22-44-20-46-48/h5-16,19-24,49-50H,17-18H2,1-4H3. The van der Waals surface area contributed by atoms with E-state index >= 15 is 0 Å². The zero-order valence-corrected chi connectivity index (χ0v) is 32.1. The van der Waals surface area contributed by atoms with E-state index in [1.807, 2.05) is 27.7 Å². The van der Waals surface area contributed by atoms with Gasteiger partial charge in [0.2, 0.25) is 11.6 Å². The van der Waals surface area contributed by atoms with Crippen LogP contribution in [-0.4, -0.2) is 51.9 Å². The number of aliphatic hydroxyl groups is 2. The molecule has 0 aliphatic rings. The van der Waals surface area contributed by atoms with Crippen LogP contribution in [0.3, 0.4) is 0 Å². The average molecular weight is 799 g/mol. The van der Waals surface area contributed by atoms with Crippen LogP contribution in [0.5, 0.6) is 11.5 Å². The van der Waals surface area contributed by atoms with Gasteiger partial charge in [-0.1, -0.05) is 70.7 Å². The number of hydrogen-bond donors (Lipinski definition) is 2. The molecule has 6 aromatic rings. The quantitative estimate of drug-likeness (QED) is 0.104. The summed E-state index contributed by atoms with van der Waals surface area (Å²) in [5.41, 5.74) is 3.31. The largest absolute Gasteiger partial charge is 0.456 e. The second-order valence-corrected chi connectivity index (χ2v) is 14.5. The predicted octanol–water partition coefficient (Wildman–Crippen LogP) is 9.15. The molecule has 2 atom stereocenters. The van der Waals surface area contributed by atoms with Gasteiger partial charge in [-0.3, -0.25) is 0 Å². The van der Waals surface area contributed by atoms with Crippen molar-refractivity contribution in [2.45, 2.75) is 64.6 Å². The van der Waals surface area contributed by atoms with Gasteiger partial charge in [-0.05, 0) is 87.4 Å². The van der Waals surface area contributed by atoms with Crippen LogP contribution in [0.4, 0.5) is 0 Å². The lowest BCUT2D eigenvalue weighted by Gasteiger charge is -2.31. The summed E-state index contributed by atoms with van der Waals surface area (Å²) in [7, 11) is 0. The minimum Gasteiger partial charge on any atom is -0.456 e. The molecule has 0 radical (unpaired) electrons. The molecule has 2 heterocycles. The molecular weight excluding hydrogens is 762 g/mol. The third kappa shape index (κ3) is 9.02. The van der Waals surface area contributed by atoms with Gasteiger partial charge in [-0.15, -0.1) is 0 Å². The molecule has 11 nitrogen and oxygen atoms in total. The smallest absolute Gasteiger partial charge is 0.214 e. The summed E-state index contributed by atoms with van der Waals surface area (Å²) in [6.45, 7) is 7.20. The van der Waals surface area contributed by atoms with Gasteiger partial charge in [0.25, 0.3) is 0 Å². The summed E-state index contributed by atoms with van der Waals surface area (Å²) in [4.78, 5) is 7.94. The van der Waals surface area contributed by atoms with Crippen LogP contribution in [0.15, 0.2) is 98.1 Å². The Balaban J connectivity index is 1.35. The third-order valence-corrected chi connectivity index (χ3v) is 9.15. The summed E-state index contributed by atoms with van der Waals surface area (Å²) >= 11 is 26.8. The first kappa shape index (κ1) is 38.7. The van der Waals surface area contributed by atoms with Crippen LogP contribution in [0.1, 0.15) is 38.8 Å². The number of rotatable bonds is 14. The first-order valence-electron chi connectivity index (χ1n) is 16.6. The summed E-state index contributed by atoms with van der Waals surface area (Å²) in [6.07, 6.45) is 5.07. The van der Waals surface area contributed by atoms with E-state index in [0.717, 1.165) is 0 Å². The topological polar surface area (TPSA) is 130 Å². The fourth-order valence-electron chi connectivity index (χ4n) is 5.97. The van der Waals surface area contributed by atoms with Crippen LogP contribution in [0, 0.1) is 0 Å². The summed E-state index contributed by atoms with van der Waals surface area (Å²) < 4.78 is 21.5. The van der Waals surface area contributed by atoms with Gasteiger partial charge < -0.3 is 24.4 Å². The van der Waals surface area contributed by atoms with Crippen molar-refractivity contribution in [2.75, 3.05) is 0 Å². The van der Waals surface area contributed by atoms with E-state index in [1.165, 1.54) is 34.7 Å². The molecule has 2 unspecified atom stereocenters. The molecule has 4 aromatic carbocycles. The summed E-state index contributed by atoms with van der Waals surface area (Å²) in [6, 6.07) is 20.9. The van der Waals surface area contributed by atoms with Crippen LogP contribution in [0.2, 0.25) is 20.1 Å². The molecule has 0 bridgehead atoms. The minimum atomic E-state index is -1.80. The maximum absolute atomic E-state index is 11.7. The Morgan fingerprint density at radius 1 is 0.604 bits per heavy atom. The molecule has 53 heavy (non-hydrogen) atoms. The fourth-order valence-corrected chi connectivity index (χ4v) is 6.97. The number of benzene rings is 4. The number of halogens is 4. The van der Waals surface area contributed by atoms with Crippen molar-refractivity contribution in [2.24, 2.45) is 0 Å².